The topological polar surface area (TPSA) is 77.0 Å². The quantitative estimate of drug-likeness (QED) is 0.561. The van der Waals surface area contributed by atoms with Gasteiger partial charge < -0.3 is 5.32 Å². The lowest BCUT2D eigenvalue weighted by molar-refractivity contribution is -0.121. The van der Waals surface area contributed by atoms with Gasteiger partial charge in [0.1, 0.15) is 0 Å². The molecule has 0 aliphatic rings. The van der Waals surface area contributed by atoms with Crippen molar-refractivity contribution in [2.75, 3.05) is 5.32 Å². The number of benzene rings is 2. The molecule has 2 aromatic carbocycles. The first kappa shape index (κ1) is 18.0. The number of hydrogen-bond donors (Lipinski definition) is 3. The second kappa shape index (κ2) is 8.50. The van der Waals surface area contributed by atoms with E-state index in [1.54, 1.807) is 42.5 Å². The third-order valence-corrected chi connectivity index (χ3v) is 3.94. The third kappa shape index (κ3) is 4.83. The monoisotopic (exact) mass is 378 g/mol. The SMILES string of the molecule is N#CC(C(=O)NNC(=S)Nc1ccc(Cl)c(Cl)c1)c1ccccc1. The normalized spacial score (nSPS) is 11.0. The van der Waals surface area contributed by atoms with Crippen LogP contribution in [0.1, 0.15) is 11.5 Å². The van der Waals surface area contributed by atoms with Gasteiger partial charge in [0.2, 0.25) is 0 Å². The number of carbonyl (C=O) groups excluding carboxylic acids is 1. The Morgan fingerprint density at radius 1 is 1.08 bits per heavy atom. The minimum atomic E-state index is -0.938. The van der Waals surface area contributed by atoms with Crippen molar-refractivity contribution in [1.82, 2.24) is 10.9 Å². The van der Waals surface area contributed by atoms with E-state index in [-0.39, 0.29) is 5.11 Å². The van der Waals surface area contributed by atoms with Gasteiger partial charge in [0.05, 0.1) is 16.1 Å². The lowest BCUT2D eigenvalue weighted by Crippen LogP contribution is -2.45. The smallest absolute Gasteiger partial charge is 0.260 e. The van der Waals surface area contributed by atoms with E-state index in [1.165, 1.54) is 0 Å². The Bertz CT molecular complexity index is 792. The summed E-state index contributed by atoms with van der Waals surface area (Å²) in [5.74, 6) is -1.45. The Morgan fingerprint density at radius 2 is 1.79 bits per heavy atom. The summed E-state index contributed by atoms with van der Waals surface area (Å²) in [6, 6.07) is 15.6. The molecule has 0 fully saturated rings. The highest BCUT2D eigenvalue weighted by Crippen LogP contribution is 2.24. The predicted octanol–water partition coefficient (Wildman–Crippen LogP) is 3.62. The molecule has 2 aromatic rings. The lowest BCUT2D eigenvalue weighted by Gasteiger charge is -2.14. The van der Waals surface area contributed by atoms with Crippen LogP contribution in [0.5, 0.6) is 0 Å². The van der Waals surface area contributed by atoms with Gasteiger partial charge in [-0.05, 0) is 36.0 Å². The number of anilines is 1. The van der Waals surface area contributed by atoms with Gasteiger partial charge in [-0.15, -0.1) is 0 Å². The molecule has 0 aliphatic heterocycles. The average Bonchev–Trinajstić information content (AvgIpc) is 2.58. The van der Waals surface area contributed by atoms with E-state index in [0.717, 1.165) is 0 Å². The van der Waals surface area contributed by atoms with Gasteiger partial charge in [-0.3, -0.25) is 15.6 Å². The summed E-state index contributed by atoms with van der Waals surface area (Å²) < 4.78 is 0. The molecule has 0 spiro atoms. The van der Waals surface area contributed by atoms with Crippen LogP contribution in [0, 0.1) is 11.3 Å². The number of nitrogens with one attached hydrogen (secondary N) is 3. The number of hydrogen-bond acceptors (Lipinski definition) is 3. The van der Waals surface area contributed by atoms with Gasteiger partial charge in [0.15, 0.2) is 11.0 Å². The Kier molecular flexibility index (Phi) is 6.38. The number of hydrazine groups is 1. The van der Waals surface area contributed by atoms with Crippen LogP contribution in [-0.2, 0) is 4.79 Å². The summed E-state index contributed by atoms with van der Waals surface area (Å²) in [6.07, 6.45) is 0. The van der Waals surface area contributed by atoms with Crippen LogP contribution in [0.25, 0.3) is 0 Å². The van der Waals surface area contributed by atoms with Crippen molar-refractivity contribution in [2.24, 2.45) is 0 Å². The summed E-state index contributed by atoms with van der Waals surface area (Å²) in [4.78, 5) is 12.1. The highest BCUT2D eigenvalue weighted by molar-refractivity contribution is 7.80. The van der Waals surface area contributed by atoms with Crippen molar-refractivity contribution in [3.63, 3.8) is 0 Å². The number of amides is 1. The maximum atomic E-state index is 12.1. The first-order valence-electron chi connectivity index (χ1n) is 6.77. The molecule has 122 valence electrons. The Hall–Kier alpha value is -2.33. The second-order valence-corrected chi connectivity index (χ2v) is 5.89. The van der Waals surface area contributed by atoms with E-state index in [9.17, 15) is 10.1 Å². The minimum absolute atomic E-state index is 0.145. The van der Waals surface area contributed by atoms with E-state index in [1.807, 2.05) is 12.1 Å². The second-order valence-electron chi connectivity index (χ2n) is 4.67. The molecule has 24 heavy (non-hydrogen) atoms. The summed E-state index contributed by atoms with van der Waals surface area (Å²) >= 11 is 16.8. The van der Waals surface area contributed by atoms with Crippen LogP contribution in [0.2, 0.25) is 10.0 Å². The summed E-state index contributed by atoms with van der Waals surface area (Å²) in [5.41, 5.74) is 6.15. The molecule has 2 rings (SSSR count). The van der Waals surface area contributed by atoms with Crippen molar-refractivity contribution in [3.05, 3.63) is 64.1 Å². The molecule has 1 atom stereocenters. The fourth-order valence-corrected chi connectivity index (χ4v) is 2.32. The van der Waals surface area contributed by atoms with Crippen molar-refractivity contribution in [1.29, 1.82) is 5.26 Å². The Morgan fingerprint density at radius 3 is 2.42 bits per heavy atom. The van der Waals surface area contributed by atoms with Crippen molar-refractivity contribution < 1.29 is 4.79 Å². The van der Waals surface area contributed by atoms with Gasteiger partial charge >= 0.3 is 0 Å². The molecule has 1 amide bonds. The van der Waals surface area contributed by atoms with Crippen molar-refractivity contribution in [2.45, 2.75) is 5.92 Å². The van der Waals surface area contributed by atoms with E-state index in [0.29, 0.717) is 21.3 Å². The van der Waals surface area contributed by atoms with E-state index in [4.69, 9.17) is 35.4 Å². The van der Waals surface area contributed by atoms with Crippen LogP contribution in [0.3, 0.4) is 0 Å². The van der Waals surface area contributed by atoms with Crippen LogP contribution < -0.4 is 16.2 Å². The number of carbonyl (C=O) groups is 1. The Balaban J connectivity index is 1.92. The minimum Gasteiger partial charge on any atom is -0.331 e. The number of rotatable bonds is 3. The van der Waals surface area contributed by atoms with Gasteiger partial charge in [-0.2, -0.15) is 5.26 Å². The molecule has 0 heterocycles. The maximum Gasteiger partial charge on any atom is 0.260 e. The van der Waals surface area contributed by atoms with Gasteiger partial charge in [0.25, 0.3) is 5.91 Å². The highest BCUT2D eigenvalue weighted by Gasteiger charge is 2.19. The molecule has 5 nitrogen and oxygen atoms in total. The number of nitrogens with zero attached hydrogens (tertiary/aromatic N) is 1. The van der Waals surface area contributed by atoms with E-state index < -0.39 is 11.8 Å². The average molecular weight is 379 g/mol. The number of thiocarbonyl (C=S) groups is 1. The molecule has 0 saturated heterocycles. The Labute approximate surface area is 154 Å². The highest BCUT2D eigenvalue weighted by atomic mass is 35.5. The molecule has 3 N–H and O–H groups in total. The summed E-state index contributed by atoms with van der Waals surface area (Å²) in [7, 11) is 0. The first-order valence-corrected chi connectivity index (χ1v) is 7.94. The molecule has 0 radical (unpaired) electrons. The van der Waals surface area contributed by atoms with Gasteiger partial charge in [0, 0.05) is 5.69 Å². The van der Waals surface area contributed by atoms with Crippen molar-refractivity contribution >= 4 is 52.1 Å². The zero-order valence-electron chi connectivity index (χ0n) is 12.2. The van der Waals surface area contributed by atoms with Crippen LogP contribution in [0.15, 0.2) is 48.5 Å². The van der Waals surface area contributed by atoms with E-state index >= 15 is 0 Å². The van der Waals surface area contributed by atoms with Crippen LogP contribution in [-0.4, -0.2) is 11.0 Å². The molecule has 0 aromatic heterocycles. The molecular formula is C16H12Cl2N4OS. The molecule has 0 saturated carbocycles. The first-order chi connectivity index (χ1) is 11.5. The standard InChI is InChI=1S/C16H12Cl2N4OS/c17-13-7-6-11(8-14(13)18)20-16(24)22-21-15(23)12(9-19)10-4-2-1-3-5-10/h1-8,12H,(H,21,23)(H2,20,22,24). The maximum absolute atomic E-state index is 12.1. The molecule has 1 unspecified atom stereocenters. The number of halogens is 2. The van der Waals surface area contributed by atoms with Crippen molar-refractivity contribution in [3.8, 4) is 6.07 Å². The van der Waals surface area contributed by atoms with Crippen LogP contribution in [0.4, 0.5) is 5.69 Å². The van der Waals surface area contributed by atoms with Gasteiger partial charge in [-0.25, -0.2) is 0 Å². The number of nitriles is 1. The molecule has 0 bridgehead atoms. The molecule has 8 heteroatoms. The zero-order valence-corrected chi connectivity index (χ0v) is 14.5. The third-order valence-electron chi connectivity index (χ3n) is 3.00. The predicted molar refractivity (Wildman–Crippen MR) is 98.8 cm³/mol. The summed E-state index contributed by atoms with van der Waals surface area (Å²) in [5, 5.41) is 13.0. The largest absolute Gasteiger partial charge is 0.331 e. The van der Waals surface area contributed by atoms with E-state index in [2.05, 4.69) is 16.2 Å². The van der Waals surface area contributed by atoms with Gasteiger partial charge in [-0.1, -0.05) is 53.5 Å². The zero-order chi connectivity index (χ0) is 17.5. The molecular weight excluding hydrogens is 367 g/mol. The fraction of sp³-hybridized carbons (Fsp3) is 0.0625. The molecule has 0 aliphatic carbocycles. The lowest BCUT2D eigenvalue weighted by atomic mass is 10.0. The summed E-state index contributed by atoms with van der Waals surface area (Å²) in [6.45, 7) is 0. The fourth-order valence-electron chi connectivity index (χ4n) is 1.86. The van der Waals surface area contributed by atoms with Crippen LogP contribution >= 0.6 is 35.4 Å².